The summed E-state index contributed by atoms with van der Waals surface area (Å²) in [6.45, 7) is 0.522. The number of sulfonamides is 1. The summed E-state index contributed by atoms with van der Waals surface area (Å²) < 4.78 is 36.7. The fourth-order valence-corrected chi connectivity index (χ4v) is 3.77. The molecule has 2 unspecified atom stereocenters. The van der Waals surface area contributed by atoms with E-state index < -0.39 is 10.0 Å². The molecule has 2 heterocycles. The van der Waals surface area contributed by atoms with Crippen LogP contribution < -0.4 is 0 Å². The summed E-state index contributed by atoms with van der Waals surface area (Å²) >= 11 is 5.73. The third-order valence-electron chi connectivity index (χ3n) is 3.12. The summed E-state index contributed by atoms with van der Waals surface area (Å²) in [5.74, 6) is 0. The zero-order valence-corrected chi connectivity index (χ0v) is 12.2. The van der Waals surface area contributed by atoms with Crippen molar-refractivity contribution in [2.75, 3.05) is 27.3 Å². The number of hydrogen-bond acceptors (Lipinski definition) is 5. The van der Waals surface area contributed by atoms with Crippen LogP contribution in [0.1, 0.15) is 0 Å². The monoisotopic (exact) mass is 306 g/mol. The molecule has 0 bridgehead atoms. The van der Waals surface area contributed by atoms with Crippen LogP contribution in [0.4, 0.5) is 0 Å². The molecule has 2 atom stereocenters. The molecule has 0 aromatic carbocycles. The minimum absolute atomic E-state index is 0.124. The number of nitrogens with zero attached hydrogens (tertiary/aromatic N) is 2. The van der Waals surface area contributed by atoms with E-state index in [1.165, 1.54) is 36.9 Å². The number of ether oxygens (including phenoxy) is 2. The minimum atomic E-state index is -3.60. The smallest absolute Gasteiger partial charge is 0.243 e. The fourth-order valence-electron chi connectivity index (χ4n) is 2.05. The van der Waals surface area contributed by atoms with Crippen molar-refractivity contribution in [2.24, 2.45) is 0 Å². The number of rotatable bonds is 4. The molecule has 0 amide bonds. The molecular formula is C11H15ClN2O4S. The Hall–Kier alpha value is -0.730. The van der Waals surface area contributed by atoms with Crippen molar-refractivity contribution in [2.45, 2.75) is 17.1 Å². The van der Waals surface area contributed by atoms with Gasteiger partial charge in [0.15, 0.2) is 0 Å². The third kappa shape index (κ3) is 2.90. The van der Waals surface area contributed by atoms with Gasteiger partial charge in [-0.1, -0.05) is 11.6 Å². The van der Waals surface area contributed by atoms with Crippen LogP contribution in [-0.2, 0) is 19.5 Å². The van der Waals surface area contributed by atoms with Crippen molar-refractivity contribution >= 4 is 21.6 Å². The zero-order chi connectivity index (χ0) is 14.0. The number of halogens is 1. The van der Waals surface area contributed by atoms with Gasteiger partial charge in [0.05, 0.1) is 17.1 Å². The largest absolute Gasteiger partial charge is 0.377 e. The average molecular weight is 307 g/mol. The zero-order valence-electron chi connectivity index (χ0n) is 10.6. The van der Waals surface area contributed by atoms with Gasteiger partial charge in [0.1, 0.15) is 5.15 Å². The summed E-state index contributed by atoms with van der Waals surface area (Å²) in [7, 11) is -0.523. The summed E-state index contributed by atoms with van der Waals surface area (Å²) in [4.78, 5) is 3.90. The molecule has 19 heavy (non-hydrogen) atoms. The lowest BCUT2D eigenvalue weighted by Gasteiger charge is -2.15. The molecule has 1 aliphatic heterocycles. The molecule has 0 spiro atoms. The Bertz CT molecular complexity index is 539. The van der Waals surface area contributed by atoms with Gasteiger partial charge in [-0.2, -0.15) is 4.31 Å². The topological polar surface area (TPSA) is 68.7 Å². The van der Waals surface area contributed by atoms with E-state index in [-0.39, 0.29) is 35.3 Å². The van der Waals surface area contributed by atoms with Crippen LogP contribution >= 0.6 is 11.6 Å². The van der Waals surface area contributed by atoms with E-state index in [2.05, 4.69) is 4.98 Å². The van der Waals surface area contributed by atoms with Gasteiger partial charge in [0.2, 0.25) is 10.0 Å². The second-order valence-electron chi connectivity index (χ2n) is 4.18. The van der Waals surface area contributed by atoms with Crippen molar-refractivity contribution in [3.8, 4) is 0 Å². The van der Waals surface area contributed by atoms with Gasteiger partial charge in [0.25, 0.3) is 0 Å². The van der Waals surface area contributed by atoms with Crippen LogP contribution in [0.5, 0.6) is 0 Å². The van der Waals surface area contributed by atoms with Crippen molar-refractivity contribution in [1.29, 1.82) is 0 Å². The Kier molecular flexibility index (Phi) is 4.42. The highest BCUT2D eigenvalue weighted by Crippen LogP contribution is 2.24. The Morgan fingerprint density at radius 1 is 1.32 bits per heavy atom. The molecule has 0 aliphatic carbocycles. The van der Waals surface area contributed by atoms with Gasteiger partial charge in [-0.15, -0.1) is 0 Å². The first-order valence-corrected chi connectivity index (χ1v) is 7.48. The minimum Gasteiger partial charge on any atom is -0.377 e. The Morgan fingerprint density at radius 2 is 1.89 bits per heavy atom. The second-order valence-corrected chi connectivity index (χ2v) is 6.51. The second kappa shape index (κ2) is 5.72. The third-order valence-corrected chi connectivity index (χ3v) is 5.16. The lowest BCUT2D eigenvalue weighted by molar-refractivity contribution is -0.00461. The predicted octanol–water partition coefficient (Wildman–Crippen LogP) is 0.769. The van der Waals surface area contributed by atoms with Crippen molar-refractivity contribution < 1.29 is 17.9 Å². The van der Waals surface area contributed by atoms with E-state index in [0.29, 0.717) is 0 Å². The van der Waals surface area contributed by atoms with Gasteiger partial charge in [-0.05, 0) is 12.1 Å². The summed E-state index contributed by atoms with van der Waals surface area (Å²) in [5.41, 5.74) is 0. The molecule has 8 heteroatoms. The molecule has 1 saturated heterocycles. The standard InChI is InChI=1S/C11H15ClN2O4S/c1-17-9-6-14(7-10(9)18-2)19(15,16)8-3-4-13-11(12)5-8/h3-5,9-10H,6-7H2,1-2H3. The highest BCUT2D eigenvalue weighted by atomic mass is 35.5. The SMILES string of the molecule is COC1CN(S(=O)(=O)c2ccnc(Cl)c2)CC1OC. The highest BCUT2D eigenvalue weighted by Gasteiger charge is 2.39. The van der Waals surface area contributed by atoms with Gasteiger partial charge >= 0.3 is 0 Å². The van der Waals surface area contributed by atoms with Crippen LogP contribution in [-0.4, -0.2) is 57.2 Å². The molecule has 0 N–H and O–H groups in total. The van der Waals surface area contributed by atoms with Gasteiger partial charge in [0, 0.05) is 33.5 Å². The lowest BCUT2D eigenvalue weighted by atomic mass is 10.3. The van der Waals surface area contributed by atoms with Crippen LogP contribution in [0.2, 0.25) is 5.15 Å². The molecule has 1 fully saturated rings. The molecule has 0 saturated carbocycles. The van der Waals surface area contributed by atoms with E-state index in [9.17, 15) is 8.42 Å². The molecular weight excluding hydrogens is 292 g/mol. The van der Waals surface area contributed by atoms with Crippen LogP contribution in [0.25, 0.3) is 0 Å². The normalized spacial score (nSPS) is 24.8. The molecule has 106 valence electrons. The van der Waals surface area contributed by atoms with E-state index in [4.69, 9.17) is 21.1 Å². The molecule has 2 rings (SSSR count). The number of pyridine rings is 1. The predicted molar refractivity (Wildman–Crippen MR) is 69.6 cm³/mol. The van der Waals surface area contributed by atoms with Crippen molar-refractivity contribution in [1.82, 2.24) is 9.29 Å². The molecule has 1 aromatic rings. The first kappa shape index (κ1) is 14.7. The quantitative estimate of drug-likeness (QED) is 0.769. The van der Waals surface area contributed by atoms with E-state index >= 15 is 0 Å². The van der Waals surface area contributed by atoms with Crippen LogP contribution in [0.15, 0.2) is 23.2 Å². The van der Waals surface area contributed by atoms with Gasteiger partial charge in [-0.3, -0.25) is 0 Å². The molecule has 1 aliphatic rings. The van der Waals surface area contributed by atoms with E-state index in [1.54, 1.807) is 0 Å². The average Bonchev–Trinajstić information content (AvgIpc) is 2.82. The van der Waals surface area contributed by atoms with Crippen molar-refractivity contribution in [3.05, 3.63) is 23.5 Å². The first-order valence-electron chi connectivity index (χ1n) is 5.66. The maximum Gasteiger partial charge on any atom is 0.243 e. The van der Waals surface area contributed by atoms with Crippen molar-refractivity contribution in [3.63, 3.8) is 0 Å². The Morgan fingerprint density at radius 3 is 2.37 bits per heavy atom. The summed E-state index contributed by atoms with van der Waals surface area (Å²) in [6, 6.07) is 2.75. The maximum absolute atomic E-state index is 12.4. The number of hydrogen-bond donors (Lipinski definition) is 0. The lowest BCUT2D eigenvalue weighted by Crippen LogP contribution is -2.30. The number of methoxy groups -OCH3 is 2. The number of aromatic nitrogens is 1. The molecule has 0 radical (unpaired) electrons. The summed E-state index contributed by atoms with van der Waals surface area (Å²) in [5, 5.41) is 0.145. The fraction of sp³-hybridized carbons (Fsp3) is 0.545. The molecule has 6 nitrogen and oxygen atoms in total. The summed E-state index contributed by atoms with van der Waals surface area (Å²) in [6.07, 6.45) is 0.835. The molecule has 1 aromatic heterocycles. The Balaban J connectivity index is 2.27. The first-order chi connectivity index (χ1) is 8.98. The highest BCUT2D eigenvalue weighted by molar-refractivity contribution is 7.89. The van der Waals surface area contributed by atoms with Crippen LogP contribution in [0.3, 0.4) is 0 Å². The Labute approximate surface area is 117 Å². The van der Waals surface area contributed by atoms with Crippen LogP contribution in [0, 0.1) is 0 Å². The van der Waals surface area contributed by atoms with E-state index in [1.807, 2.05) is 0 Å². The van der Waals surface area contributed by atoms with Gasteiger partial charge in [-0.25, -0.2) is 13.4 Å². The van der Waals surface area contributed by atoms with E-state index in [0.717, 1.165) is 0 Å². The maximum atomic E-state index is 12.4. The van der Waals surface area contributed by atoms with Gasteiger partial charge < -0.3 is 9.47 Å².